The van der Waals surface area contributed by atoms with E-state index in [1.165, 1.54) is 6.42 Å². The smallest absolute Gasteiger partial charge is 0.127 e. The highest BCUT2D eigenvalue weighted by molar-refractivity contribution is 5.41. The lowest BCUT2D eigenvalue weighted by Gasteiger charge is -2.53. The predicted octanol–water partition coefficient (Wildman–Crippen LogP) is 3.83. The van der Waals surface area contributed by atoms with E-state index >= 15 is 0 Å². The summed E-state index contributed by atoms with van der Waals surface area (Å²) >= 11 is 0. The summed E-state index contributed by atoms with van der Waals surface area (Å²) in [5.74, 6) is 2.94. The monoisotopic (exact) mass is 397 g/mol. The fourth-order valence-corrected chi connectivity index (χ4v) is 5.22. The van der Waals surface area contributed by atoms with Crippen LogP contribution in [0.3, 0.4) is 0 Å². The molecule has 5 heteroatoms. The first kappa shape index (κ1) is 20.0. The number of likely N-dealkylation sites (tertiary alicyclic amines) is 1. The molecule has 2 aromatic rings. The summed E-state index contributed by atoms with van der Waals surface area (Å²) in [4.78, 5) is 2.47. The highest BCUT2D eigenvalue weighted by atomic mass is 16.5. The van der Waals surface area contributed by atoms with Gasteiger partial charge in [0.05, 0.1) is 26.9 Å². The Morgan fingerprint density at radius 1 is 0.897 bits per heavy atom. The van der Waals surface area contributed by atoms with E-state index in [-0.39, 0.29) is 11.8 Å². The zero-order valence-electron chi connectivity index (χ0n) is 17.6. The number of fused-ring (bicyclic) bond motifs is 2. The quantitative estimate of drug-likeness (QED) is 0.803. The zero-order valence-corrected chi connectivity index (χ0v) is 17.6. The van der Waals surface area contributed by atoms with Crippen molar-refractivity contribution in [1.82, 2.24) is 4.90 Å². The molecular formula is C24H31NO4. The molecule has 1 unspecified atom stereocenters. The van der Waals surface area contributed by atoms with Crippen molar-refractivity contribution < 1.29 is 19.3 Å². The summed E-state index contributed by atoms with van der Waals surface area (Å²) in [6, 6.07) is 14.0. The first-order valence-electron chi connectivity index (χ1n) is 10.4. The summed E-state index contributed by atoms with van der Waals surface area (Å²) in [5, 5.41) is 11.8. The van der Waals surface area contributed by atoms with E-state index in [1.807, 2.05) is 36.4 Å². The molecule has 156 valence electrons. The molecule has 2 fully saturated rings. The predicted molar refractivity (Wildman–Crippen MR) is 113 cm³/mol. The van der Waals surface area contributed by atoms with Gasteiger partial charge in [0.1, 0.15) is 17.2 Å². The highest BCUT2D eigenvalue weighted by Crippen LogP contribution is 2.49. The van der Waals surface area contributed by atoms with Crippen LogP contribution in [-0.4, -0.2) is 44.4 Å². The summed E-state index contributed by atoms with van der Waals surface area (Å²) in [6.45, 7) is 2.58. The van der Waals surface area contributed by atoms with Crippen LogP contribution < -0.4 is 14.2 Å². The largest absolute Gasteiger partial charge is 0.497 e. The average Bonchev–Trinajstić information content (AvgIpc) is 2.74. The van der Waals surface area contributed by atoms with Crippen LogP contribution in [0.5, 0.6) is 17.2 Å². The van der Waals surface area contributed by atoms with Crippen LogP contribution in [0.25, 0.3) is 0 Å². The van der Waals surface area contributed by atoms with Gasteiger partial charge in [-0.3, -0.25) is 4.90 Å². The van der Waals surface area contributed by atoms with E-state index in [0.717, 1.165) is 60.9 Å². The minimum absolute atomic E-state index is 0.229. The number of ether oxygens (including phenoxy) is 3. The van der Waals surface area contributed by atoms with Crippen molar-refractivity contribution in [2.24, 2.45) is 11.8 Å². The van der Waals surface area contributed by atoms with Crippen molar-refractivity contribution in [2.75, 3.05) is 34.4 Å². The summed E-state index contributed by atoms with van der Waals surface area (Å²) in [7, 11) is 5.04. The normalized spacial score (nSPS) is 26.8. The van der Waals surface area contributed by atoms with Crippen LogP contribution in [-0.2, 0) is 12.1 Å². The third kappa shape index (κ3) is 3.69. The Morgan fingerprint density at radius 3 is 2.10 bits per heavy atom. The number of benzene rings is 2. The Labute approximate surface area is 173 Å². The van der Waals surface area contributed by atoms with Crippen LogP contribution in [0.15, 0.2) is 42.5 Å². The Kier molecular flexibility index (Phi) is 5.70. The van der Waals surface area contributed by atoms with Gasteiger partial charge in [-0.05, 0) is 36.6 Å². The Bertz CT molecular complexity index is 821. The van der Waals surface area contributed by atoms with Gasteiger partial charge in [-0.25, -0.2) is 0 Å². The van der Waals surface area contributed by atoms with Crippen LogP contribution in [0, 0.1) is 11.8 Å². The number of hydrogen-bond acceptors (Lipinski definition) is 5. The first-order chi connectivity index (χ1) is 14.1. The second kappa shape index (κ2) is 8.25. The maximum Gasteiger partial charge on any atom is 0.127 e. The Hall–Kier alpha value is -2.24. The van der Waals surface area contributed by atoms with E-state index < -0.39 is 5.60 Å². The van der Waals surface area contributed by atoms with Gasteiger partial charge < -0.3 is 19.3 Å². The lowest BCUT2D eigenvalue weighted by atomic mass is 9.62. The minimum atomic E-state index is -0.759. The SMILES string of the molecule is COc1ccc(C2(O)[C@@H]3CCC[C@H]2CN(Cc2ccc(OC)cc2OC)C3)cc1. The van der Waals surface area contributed by atoms with E-state index in [2.05, 4.69) is 11.0 Å². The van der Waals surface area contributed by atoms with Gasteiger partial charge in [0, 0.05) is 43.1 Å². The van der Waals surface area contributed by atoms with Gasteiger partial charge in [-0.2, -0.15) is 0 Å². The van der Waals surface area contributed by atoms with Crippen LogP contribution in [0.4, 0.5) is 0 Å². The van der Waals surface area contributed by atoms with Gasteiger partial charge in [-0.1, -0.05) is 24.6 Å². The van der Waals surface area contributed by atoms with Crippen molar-refractivity contribution in [3.63, 3.8) is 0 Å². The van der Waals surface area contributed by atoms with Gasteiger partial charge in [0.15, 0.2) is 0 Å². The van der Waals surface area contributed by atoms with E-state index in [9.17, 15) is 5.11 Å². The van der Waals surface area contributed by atoms with Crippen molar-refractivity contribution in [3.8, 4) is 17.2 Å². The topological polar surface area (TPSA) is 51.2 Å². The summed E-state index contributed by atoms with van der Waals surface area (Å²) < 4.78 is 16.2. The fraction of sp³-hybridized carbons (Fsp3) is 0.500. The molecular weight excluding hydrogens is 366 g/mol. The van der Waals surface area contributed by atoms with Crippen molar-refractivity contribution >= 4 is 0 Å². The number of rotatable bonds is 6. The molecule has 1 saturated carbocycles. The Balaban J connectivity index is 1.55. The number of piperidine rings is 1. The minimum Gasteiger partial charge on any atom is -0.497 e. The summed E-state index contributed by atoms with van der Waals surface area (Å²) in [5.41, 5.74) is 1.42. The van der Waals surface area contributed by atoms with Crippen LogP contribution >= 0.6 is 0 Å². The number of nitrogens with zero attached hydrogens (tertiary/aromatic N) is 1. The van der Waals surface area contributed by atoms with Crippen LogP contribution in [0.2, 0.25) is 0 Å². The number of methoxy groups -OCH3 is 3. The molecule has 0 spiro atoms. The molecule has 0 amide bonds. The fourth-order valence-electron chi connectivity index (χ4n) is 5.22. The average molecular weight is 398 g/mol. The van der Waals surface area contributed by atoms with Gasteiger partial charge in [0.25, 0.3) is 0 Å². The molecule has 2 bridgehead atoms. The number of hydrogen-bond donors (Lipinski definition) is 1. The second-order valence-electron chi connectivity index (χ2n) is 8.25. The maximum atomic E-state index is 11.8. The lowest BCUT2D eigenvalue weighted by molar-refractivity contribution is -0.148. The molecule has 29 heavy (non-hydrogen) atoms. The molecule has 0 radical (unpaired) electrons. The molecule has 0 aromatic heterocycles. The highest BCUT2D eigenvalue weighted by Gasteiger charge is 2.51. The van der Waals surface area contributed by atoms with Crippen molar-refractivity contribution in [2.45, 2.75) is 31.4 Å². The Morgan fingerprint density at radius 2 is 1.52 bits per heavy atom. The lowest BCUT2D eigenvalue weighted by Crippen LogP contribution is -2.57. The van der Waals surface area contributed by atoms with Gasteiger partial charge >= 0.3 is 0 Å². The molecule has 4 rings (SSSR count). The van der Waals surface area contributed by atoms with Crippen molar-refractivity contribution in [3.05, 3.63) is 53.6 Å². The first-order valence-corrected chi connectivity index (χ1v) is 10.4. The number of aliphatic hydroxyl groups is 1. The third-order valence-electron chi connectivity index (χ3n) is 6.75. The molecule has 1 aliphatic heterocycles. The standard InChI is InChI=1S/C24H31NO4/c1-27-21-11-8-18(9-12-21)24(26)19-5-4-6-20(24)16-25(15-19)14-17-7-10-22(28-2)13-23(17)29-3/h7-13,19-20,26H,4-6,14-16H2,1-3H3/t19-,20+,24?. The molecule has 2 aliphatic rings. The van der Waals surface area contributed by atoms with E-state index in [0.29, 0.717) is 0 Å². The van der Waals surface area contributed by atoms with Gasteiger partial charge in [0.2, 0.25) is 0 Å². The second-order valence-corrected chi connectivity index (χ2v) is 8.25. The molecule has 2 aromatic carbocycles. The molecule has 5 nitrogen and oxygen atoms in total. The molecule has 1 heterocycles. The third-order valence-corrected chi connectivity index (χ3v) is 6.75. The summed E-state index contributed by atoms with van der Waals surface area (Å²) in [6.07, 6.45) is 3.29. The molecule has 3 atom stereocenters. The maximum absolute atomic E-state index is 11.8. The van der Waals surface area contributed by atoms with E-state index in [1.54, 1.807) is 21.3 Å². The van der Waals surface area contributed by atoms with Crippen LogP contribution in [0.1, 0.15) is 30.4 Å². The molecule has 1 N–H and O–H groups in total. The van der Waals surface area contributed by atoms with E-state index in [4.69, 9.17) is 14.2 Å². The molecule has 1 aliphatic carbocycles. The molecule has 1 saturated heterocycles. The van der Waals surface area contributed by atoms with Gasteiger partial charge in [-0.15, -0.1) is 0 Å². The van der Waals surface area contributed by atoms with Crippen molar-refractivity contribution in [1.29, 1.82) is 0 Å². The zero-order chi connectivity index (χ0) is 20.4.